The predicted octanol–water partition coefficient (Wildman–Crippen LogP) is 2.96. The molecule has 6 heteroatoms. The molecule has 0 aliphatic rings. The van der Waals surface area contributed by atoms with Crippen LogP contribution in [0, 0.1) is 0 Å². The summed E-state index contributed by atoms with van der Waals surface area (Å²) in [5.41, 5.74) is 4.27. The van der Waals surface area contributed by atoms with Gasteiger partial charge in [0.05, 0.1) is 36.4 Å². The summed E-state index contributed by atoms with van der Waals surface area (Å²) in [5.74, 6) is 0. The van der Waals surface area contributed by atoms with E-state index < -0.39 is 0 Å². The van der Waals surface area contributed by atoms with Gasteiger partial charge in [0.1, 0.15) is 5.52 Å². The molecular weight excluding hydrogens is 302 g/mol. The second kappa shape index (κ2) is 6.80. The Bertz CT molecular complexity index is 929. The summed E-state index contributed by atoms with van der Waals surface area (Å²) in [7, 11) is 0. The van der Waals surface area contributed by atoms with Crippen LogP contribution in [0.3, 0.4) is 0 Å². The van der Waals surface area contributed by atoms with E-state index in [-0.39, 0.29) is 0 Å². The molecule has 0 saturated carbocycles. The molecule has 0 saturated heterocycles. The van der Waals surface area contributed by atoms with Gasteiger partial charge in [0.25, 0.3) is 0 Å². The molecule has 4 aromatic rings. The molecule has 24 heavy (non-hydrogen) atoms. The minimum Gasteiger partial charge on any atom is -0.380 e. The van der Waals surface area contributed by atoms with E-state index in [1.54, 1.807) is 0 Å². The van der Waals surface area contributed by atoms with E-state index in [1.807, 2.05) is 43.1 Å². The van der Waals surface area contributed by atoms with Crippen LogP contribution in [-0.4, -0.2) is 37.9 Å². The van der Waals surface area contributed by atoms with Crippen molar-refractivity contribution in [3.63, 3.8) is 0 Å². The fourth-order valence-corrected chi connectivity index (χ4v) is 2.93. The van der Waals surface area contributed by atoms with Crippen LogP contribution in [0.5, 0.6) is 0 Å². The second-order valence-corrected chi connectivity index (χ2v) is 5.77. The van der Waals surface area contributed by atoms with Crippen molar-refractivity contribution in [3.05, 3.63) is 54.7 Å². The number of aromatic amines is 1. The number of hydrogen-bond donors (Lipinski definition) is 1. The summed E-state index contributed by atoms with van der Waals surface area (Å²) in [4.78, 5) is 8.91. The lowest BCUT2D eigenvalue weighted by atomic mass is 10.2. The molecule has 0 radical (unpaired) electrons. The van der Waals surface area contributed by atoms with E-state index in [0.717, 1.165) is 47.9 Å². The van der Waals surface area contributed by atoms with Gasteiger partial charge in [-0.3, -0.25) is 10.1 Å². The minimum atomic E-state index is 0.674. The SMILES string of the molecule is c1ccc2c(c1)ncc1ncn(CCOCCCc3cn[nH]c3)c12. The van der Waals surface area contributed by atoms with Crippen molar-refractivity contribution in [2.45, 2.75) is 19.4 Å². The van der Waals surface area contributed by atoms with Crippen molar-refractivity contribution in [2.75, 3.05) is 13.2 Å². The molecule has 4 rings (SSSR count). The number of ether oxygens (including phenoxy) is 1. The number of rotatable bonds is 7. The number of pyridine rings is 1. The molecule has 0 aliphatic heterocycles. The van der Waals surface area contributed by atoms with Gasteiger partial charge in [-0.15, -0.1) is 0 Å². The maximum atomic E-state index is 5.77. The molecule has 0 aliphatic carbocycles. The highest BCUT2D eigenvalue weighted by Gasteiger charge is 2.07. The van der Waals surface area contributed by atoms with Crippen molar-refractivity contribution < 1.29 is 4.74 Å². The lowest BCUT2D eigenvalue weighted by Crippen LogP contribution is -2.06. The van der Waals surface area contributed by atoms with Crippen LogP contribution in [0.15, 0.2) is 49.2 Å². The smallest absolute Gasteiger partial charge is 0.107 e. The molecule has 1 N–H and O–H groups in total. The molecule has 122 valence electrons. The first-order valence-electron chi connectivity index (χ1n) is 8.16. The lowest BCUT2D eigenvalue weighted by molar-refractivity contribution is 0.125. The number of para-hydroxylation sites is 1. The predicted molar refractivity (Wildman–Crippen MR) is 92.8 cm³/mol. The van der Waals surface area contributed by atoms with Gasteiger partial charge in [-0.05, 0) is 24.5 Å². The van der Waals surface area contributed by atoms with Gasteiger partial charge < -0.3 is 9.30 Å². The first-order valence-corrected chi connectivity index (χ1v) is 8.16. The van der Waals surface area contributed by atoms with Gasteiger partial charge in [0.2, 0.25) is 0 Å². The fourth-order valence-electron chi connectivity index (χ4n) is 2.93. The summed E-state index contributed by atoms with van der Waals surface area (Å²) in [6.45, 7) is 2.21. The molecule has 0 unspecified atom stereocenters. The summed E-state index contributed by atoms with van der Waals surface area (Å²) in [5, 5.41) is 7.90. The van der Waals surface area contributed by atoms with E-state index in [9.17, 15) is 0 Å². The molecule has 0 amide bonds. The molecule has 3 heterocycles. The minimum absolute atomic E-state index is 0.674. The molecule has 6 nitrogen and oxygen atoms in total. The molecular formula is C18H19N5O. The Morgan fingerprint density at radius 2 is 2.00 bits per heavy atom. The van der Waals surface area contributed by atoms with Crippen LogP contribution >= 0.6 is 0 Å². The van der Waals surface area contributed by atoms with Gasteiger partial charge >= 0.3 is 0 Å². The molecule has 3 aromatic heterocycles. The number of imidazole rings is 1. The Balaban J connectivity index is 1.37. The fraction of sp³-hybridized carbons (Fsp3) is 0.278. The average molecular weight is 321 g/mol. The zero-order chi connectivity index (χ0) is 16.2. The van der Waals surface area contributed by atoms with Gasteiger partial charge in [0.15, 0.2) is 0 Å². The van der Waals surface area contributed by atoms with E-state index in [0.29, 0.717) is 6.61 Å². The van der Waals surface area contributed by atoms with Crippen LogP contribution in [0.4, 0.5) is 0 Å². The van der Waals surface area contributed by atoms with Crippen LogP contribution in [0.2, 0.25) is 0 Å². The van der Waals surface area contributed by atoms with Crippen molar-refractivity contribution in [1.29, 1.82) is 0 Å². The highest BCUT2D eigenvalue weighted by atomic mass is 16.5. The van der Waals surface area contributed by atoms with Crippen molar-refractivity contribution in [2.24, 2.45) is 0 Å². The molecule has 0 bridgehead atoms. The largest absolute Gasteiger partial charge is 0.380 e. The standard InChI is InChI=1S/C18H19N5O/c1-2-6-16-15(5-1)18-17(12-19-16)20-13-23(18)7-9-24-8-3-4-14-10-21-22-11-14/h1-2,5-6,10-13H,3-4,7-9H2,(H,21,22). The van der Waals surface area contributed by atoms with Gasteiger partial charge in [-0.25, -0.2) is 4.98 Å². The highest BCUT2D eigenvalue weighted by Crippen LogP contribution is 2.22. The number of H-pyrrole nitrogens is 1. The molecule has 0 fully saturated rings. The van der Waals surface area contributed by atoms with Crippen LogP contribution < -0.4 is 0 Å². The monoisotopic (exact) mass is 321 g/mol. The van der Waals surface area contributed by atoms with Crippen molar-refractivity contribution in [1.82, 2.24) is 24.7 Å². The van der Waals surface area contributed by atoms with Crippen molar-refractivity contribution in [3.8, 4) is 0 Å². The number of benzene rings is 1. The third-order valence-corrected chi connectivity index (χ3v) is 4.14. The highest BCUT2D eigenvalue weighted by molar-refractivity contribution is 6.01. The zero-order valence-electron chi connectivity index (χ0n) is 13.4. The Morgan fingerprint density at radius 1 is 1.04 bits per heavy atom. The van der Waals surface area contributed by atoms with Gasteiger partial charge in [0, 0.05) is 24.7 Å². The summed E-state index contributed by atoms with van der Waals surface area (Å²) >= 11 is 0. The number of nitrogens with one attached hydrogen (secondary N) is 1. The van der Waals surface area contributed by atoms with E-state index in [4.69, 9.17) is 4.74 Å². The van der Waals surface area contributed by atoms with E-state index >= 15 is 0 Å². The summed E-state index contributed by atoms with van der Waals surface area (Å²) in [6.07, 6.45) is 9.47. The maximum Gasteiger partial charge on any atom is 0.107 e. The second-order valence-electron chi connectivity index (χ2n) is 5.77. The van der Waals surface area contributed by atoms with E-state index in [2.05, 4.69) is 30.8 Å². The number of nitrogens with zero attached hydrogens (tertiary/aromatic N) is 4. The molecule has 0 spiro atoms. The van der Waals surface area contributed by atoms with Crippen molar-refractivity contribution >= 4 is 21.9 Å². The van der Waals surface area contributed by atoms with Crippen LogP contribution in [-0.2, 0) is 17.7 Å². The quantitative estimate of drug-likeness (QED) is 0.531. The first-order chi connectivity index (χ1) is 11.9. The Hall–Kier alpha value is -2.73. The van der Waals surface area contributed by atoms with Gasteiger partial charge in [-0.2, -0.15) is 5.10 Å². The molecule has 1 aromatic carbocycles. The first kappa shape index (κ1) is 14.8. The van der Waals surface area contributed by atoms with Crippen LogP contribution in [0.25, 0.3) is 21.9 Å². The third-order valence-electron chi connectivity index (χ3n) is 4.14. The number of fused-ring (bicyclic) bond motifs is 3. The lowest BCUT2D eigenvalue weighted by Gasteiger charge is -2.07. The van der Waals surface area contributed by atoms with Gasteiger partial charge in [-0.1, -0.05) is 18.2 Å². The summed E-state index contributed by atoms with van der Waals surface area (Å²) in [6, 6.07) is 8.16. The Kier molecular flexibility index (Phi) is 4.20. The van der Waals surface area contributed by atoms with E-state index in [1.165, 1.54) is 5.56 Å². The number of hydrogen-bond acceptors (Lipinski definition) is 4. The topological polar surface area (TPSA) is 68.6 Å². The number of aromatic nitrogens is 5. The third kappa shape index (κ3) is 3.00. The molecule has 0 atom stereocenters. The number of aryl methyl sites for hydroxylation is 1. The summed E-state index contributed by atoms with van der Waals surface area (Å²) < 4.78 is 7.92. The zero-order valence-corrected chi connectivity index (χ0v) is 13.4. The maximum absolute atomic E-state index is 5.77. The average Bonchev–Trinajstić information content (AvgIpc) is 3.28. The van der Waals surface area contributed by atoms with Crippen LogP contribution in [0.1, 0.15) is 12.0 Å². The normalized spacial score (nSPS) is 11.5. The Morgan fingerprint density at radius 3 is 2.92 bits per heavy atom. The Labute approximate surface area is 139 Å².